The number of aryl methyl sites for hydroxylation is 2. The average molecular weight is 547 g/mol. The van der Waals surface area contributed by atoms with E-state index in [0.29, 0.717) is 22.9 Å². The summed E-state index contributed by atoms with van der Waals surface area (Å²) in [6, 6.07) is 8.78. The predicted molar refractivity (Wildman–Crippen MR) is 139 cm³/mol. The fourth-order valence-corrected chi connectivity index (χ4v) is 4.74. The van der Waals surface area contributed by atoms with E-state index in [-0.39, 0.29) is 16.8 Å². The summed E-state index contributed by atoms with van der Waals surface area (Å²) in [5.41, 5.74) is 3.56. The van der Waals surface area contributed by atoms with Crippen molar-refractivity contribution in [3.63, 3.8) is 0 Å². The Morgan fingerprint density at radius 1 is 0.850 bits per heavy atom. The SMILES string of the molecule is Cc1ccc(C)n1-c1nc2cc(-c3cncc(-c4cnn([C@H](c5ccc(F)cc5)C(C)(F)F)c4)n3)c(F)cn2n1. The minimum absolute atomic E-state index is 0.151. The van der Waals surface area contributed by atoms with Crippen LogP contribution in [0.25, 0.3) is 34.1 Å². The van der Waals surface area contributed by atoms with Crippen LogP contribution < -0.4 is 0 Å². The van der Waals surface area contributed by atoms with Gasteiger partial charge >= 0.3 is 0 Å². The van der Waals surface area contributed by atoms with Crippen LogP contribution in [0.2, 0.25) is 0 Å². The van der Waals surface area contributed by atoms with Gasteiger partial charge in [0.1, 0.15) is 11.9 Å². The number of fused-ring (bicyclic) bond motifs is 1. The van der Waals surface area contributed by atoms with Gasteiger partial charge in [0, 0.05) is 35.6 Å². The smallest absolute Gasteiger partial charge is 0.271 e. The second kappa shape index (κ2) is 9.40. The number of hydrogen-bond donors (Lipinski definition) is 0. The molecule has 0 aliphatic carbocycles. The van der Waals surface area contributed by atoms with Crippen molar-refractivity contribution in [1.82, 2.24) is 38.9 Å². The van der Waals surface area contributed by atoms with E-state index in [0.717, 1.165) is 35.1 Å². The van der Waals surface area contributed by atoms with Crippen LogP contribution in [0.3, 0.4) is 0 Å². The van der Waals surface area contributed by atoms with Gasteiger partial charge in [-0.3, -0.25) is 14.2 Å². The van der Waals surface area contributed by atoms with Gasteiger partial charge in [-0.15, -0.1) is 5.10 Å². The lowest BCUT2D eigenvalue weighted by Gasteiger charge is -2.24. The van der Waals surface area contributed by atoms with E-state index < -0.39 is 23.6 Å². The Kier molecular flexibility index (Phi) is 5.97. The molecule has 0 N–H and O–H groups in total. The highest BCUT2D eigenvalue weighted by atomic mass is 19.3. The number of benzene rings is 1. The maximum atomic E-state index is 15.2. The van der Waals surface area contributed by atoms with Crippen molar-refractivity contribution in [2.24, 2.45) is 0 Å². The van der Waals surface area contributed by atoms with Crippen molar-refractivity contribution in [2.75, 3.05) is 0 Å². The lowest BCUT2D eigenvalue weighted by atomic mass is 10.0. The first kappa shape index (κ1) is 25.4. The third-order valence-corrected chi connectivity index (χ3v) is 6.62. The van der Waals surface area contributed by atoms with Crippen molar-refractivity contribution in [1.29, 1.82) is 0 Å². The van der Waals surface area contributed by atoms with E-state index in [1.807, 2.05) is 30.5 Å². The molecule has 0 spiro atoms. The van der Waals surface area contributed by atoms with Gasteiger partial charge in [-0.2, -0.15) is 10.1 Å². The second-order valence-corrected chi connectivity index (χ2v) is 9.61. The van der Waals surface area contributed by atoms with Gasteiger partial charge in [0.2, 0.25) is 0 Å². The van der Waals surface area contributed by atoms with E-state index in [2.05, 4.69) is 25.1 Å². The third kappa shape index (κ3) is 4.51. The maximum absolute atomic E-state index is 15.2. The molecular weight excluding hydrogens is 524 g/mol. The maximum Gasteiger partial charge on any atom is 0.271 e. The summed E-state index contributed by atoms with van der Waals surface area (Å²) in [5.74, 6) is -3.92. The molecule has 0 saturated carbocycles. The Labute approximate surface area is 225 Å². The summed E-state index contributed by atoms with van der Waals surface area (Å²) in [5, 5.41) is 8.54. The molecule has 5 heterocycles. The van der Waals surface area contributed by atoms with Crippen molar-refractivity contribution >= 4 is 5.65 Å². The first-order chi connectivity index (χ1) is 19.1. The van der Waals surface area contributed by atoms with E-state index in [9.17, 15) is 13.2 Å². The normalized spacial score (nSPS) is 12.8. The zero-order chi connectivity index (χ0) is 28.2. The van der Waals surface area contributed by atoms with Gasteiger partial charge in [0.05, 0.1) is 36.2 Å². The molecule has 1 atom stereocenters. The fourth-order valence-electron chi connectivity index (χ4n) is 4.74. The van der Waals surface area contributed by atoms with Crippen molar-refractivity contribution in [3.8, 4) is 28.5 Å². The highest BCUT2D eigenvalue weighted by molar-refractivity contribution is 5.67. The quantitative estimate of drug-likeness (QED) is 0.240. The Hall–Kier alpha value is -4.87. The van der Waals surface area contributed by atoms with Crippen molar-refractivity contribution in [3.05, 3.63) is 102 Å². The summed E-state index contributed by atoms with van der Waals surface area (Å²) >= 11 is 0. The second-order valence-electron chi connectivity index (χ2n) is 9.61. The summed E-state index contributed by atoms with van der Waals surface area (Å²) in [4.78, 5) is 13.3. The predicted octanol–water partition coefficient (Wildman–Crippen LogP) is 5.98. The van der Waals surface area contributed by atoms with E-state index >= 15 is 4.39 Å². The molecule has 0 fully saturated rings. The van der Waals surface area contributed by atoms with Gasteiger partial charge in [0.15, 0.2) is 11.5 Å². The van der Waals surface area contributed by atoms with E-state index in [1.54, 1.807) is 0 Å². The molecule has 0 radical (unpaired) electrons. The topological polar surface area (TPSA) is 78.7 Å². The molecule has 0 amide bonds. The van der Waals surface area contributed by atoms with Crippen LogP contribution >= 0.6 is 0 Å². The first-order valence-electron chi connectivity index (χ1n) is 12.3. The van der Waals surface area contributed by atoms with Crippen LogP contribution in [0.1, 0.15) is 29.9 Å². The number of pyridine rings is 1. The standard InChI is InChI=1S/C28H22F4N8/c1-16-4-5-17(2)40(16)27-36-25-10-21(22(30)15-38(25)37-27)24-13-33-12-23(35-24)19-11-34-39(14-19)26(28(3,31)32)18-6-8-20(29)9-7-18/h4-15,26H,1-3H3/t26-/m1/s1. The highest BCUT2D eigenvalue weighted by Gasteiger charge is 2.37. The average Bonchev–Trinajstić information content (AvgIpc) is 3.62. The minimum Gasteiger partial charge on any atom is -0.286 e. The molecule has 12 heteroatoms. The molecule has 6 aromatic rings. The number of hydrogen-bond acceptors (Lipinski definition) is 5. The third-order valence-electron chi connectivity index (χ3n) is 6.62. The fraction of sp³-hybridized carbons (Fsp3) is 0.179. The molecule has 1 aromatic carbocycles. The monoisotopic (exact) mass is 546 g/mol. The molecule has 0 bridgehead atoms. The molecular formula is C28H22F4N8. The molecule has 202 valence electrons. The molecule has 0 unspecified atom stereocenters. The number of alkyl halides is 2. The summed E-state index contributed by atoms with van der Waals surface area (Å²) in [7, 11) is 0. The first-order valence-corrected chi connectivity index (χ1v) is 12.3. The molecule has 0 saturated heterocycles. The molecule has 40 heavy (non-hydrogen) atoms. The van der Waals surface area contributed by atoms with Crippen LogP contribution in [-0.2, 0) is 0 Å². The molecule has 5 aromatic heterocycles. The van der Waals surface area contributed by atoms with Gasteiger partial charge in [-0.1, -0.05) is 12.1 Å². The Morgan fingerprint density at radius 2 is 1.55 bits per heavy atom. The lowest BCUT2D eigenvalue weighted by Crippen LogP contribution is -2.29. The Balaban J connectivity index is 1.36. The van der Waals surface area contributed by atoms with E-state index in [4.69, 9.17) is 0 Å². The van der Waals surface area contributed by atoms with Crippen LogP contribution in [0, 0.1) is 25.5 Å². The zero-order valence-electron chi connectivity index (χ0n) is 21.6. The van der Waals surface area contributed by atoms with Crippen LogP contribution in [-0.4, -0.2) is 44.8 Å². The van der Waals surface area contributed by atoms with Gasteiger partial charge in [0.25, 0.3) is 11.9 Å². The van der Waals surface area contributed by atoms with Gasteiger partial charge < -0.3 is 0 Å². The minimum atomic E-state index is -3.21. The van der Waals surface area contributed by atoms with Crippen LogP contribution in [0.4, 0.5) is 17.6 Å². The zero-order valence-corrected chi connectivity index (χ0v) is 21.6. The van der Waals surface area contributed by atoms with Crippen molar-refractivity contribution < 1.29 is 17.6 Å². The van der Waals surface area contributed by atoms with E-state index in [1.165, 1.54) is 53.7 Å². The number of nitrogens with zero attached hydrogens (tertiary/aromatic N) is 8. The number of halogens is 4. The Morgan fingerprint density at radius 3 is 2.25 bits per heavy atom. The summed E-state index contributed by atoms with van der Waals surface area (Å²) < 4.78 is 62.2. The molecule has 8 nitrogen and oxygen atoms in total. The largest absolute Gasteiger partial charge is 0.286 e. The summed E-state index contributed by atoms with van der Waals surface area (Å²) in [6.45, 7) is 4.63. The summed E-state index contributed by atoms with van der Waals surface area (Å²) in [6.07, 6.45) is 6.85. The number of rotatable bonds is 6. The van der Waals surface area contributed by atoms with Crippen LogP contribution in [0.5, 0.6) is 0 Å². The lowest BCUT2D eigenvalue weighted by molar-refractivity contribution is -0.0217. The number of aromatic nitrogens is 8. The van der Waals surface area contributed by atoms with Gasteiger partial charge in [-0.25, -0.2) is 27.1 Å². The molecule has 0 aliphatic heterocycles. The van der Waals surface area contributed by atoms with Crippen molar-refractivity contribution in [2.45, 2.75) is 32.7 Å². The molecule has 6 rings (SSSR count). The van der Waals surface area contributed by atoms with Crippen LogP contribution in [0.15, 0.2) is 73.4 Å². The molecule has 0 aliphatic rings. The highest BCUT2D eigenvalue weighted by Crippen LogP contribution is 2.35. The van der Waals surface area contributed by atoms with Gasteiger partial charge in [-0.05, 0) is 49.7 Å². The Bertz CT molecular complexity index is 1830.